The molecule has 0 saturated heterocycles. The van der Waals surface area contributed by atoms with Gasteiger partial charge in [-0.25, -0.2) is 13.6 Å². The largest absolute Gasteiger partial charge is 0.479 e. The summed E-state index contributed by atoms with van der Waals surface area (Å²) in [7, 11) is 1.27. The van der Waals surface area contributed by atoms with E-state index in [4.69, 9.17) is 9.47 Å². The Labute approximate surface area is 126 Å². The highest BCUT2D eigenvalue weighted by Gasteiger charge is 2.14. The van der Waals surface area contributed by atoms with Gasteiger partial charge in [0, 0.05) is 6.07 Å². The van der Waals surface area contributed by atoms with Crippen molar-refractivity contribution in [1.29, 1.82) is 0 Å². The summed E-state index contributed by atoms with van der Waals surface area (Å²) in [5.41, 5.74) is 0. The predicted molar refractivity (Wildman–Crippen MR) is 75.0 cm³/mol. The van der Waals surface area contributed by atoms with Crippen molar-refractivity contribution in [2.24, 2.45) is 0 Å². The molecular weight excluding hydrogens is 294 g/mol. The minimum atomic E-state index is -0.792. The topological polar surface area (TPSA) is 44.8 Å². The smallest absolute Gasteiger partial charge is 0.346 e. The second kappa shape index (κ2) is 6.89. The maximum absolute atomic E-state index is 13.5. The lowest BCUT2D eigenvalue weighted by Gasteiger charge is -2.13. The lowest BCUT2D eigenvalue weighted by Crippen LogP contribution is -2.24. The molecule has 1 unspecified atom stereocenters. The van der Waals surface area contributed by atoms with Crippen LogP contribution in [-0.2, 0) is 9.53 Å². The van der Waals surface area contributed by atoms with Crippen LogP contribution in [-0.4, -0.2) is 19.2 Å². The zero-order chi connectivity index (χ0) is 16.1. The van der Waals surface area contributed by atoms with Gasteiger partial charge in [0.2, 0.25) is 0 Å². The molecule has 2 rings (SSSR count). The van der Waals surface area contributed by atoms with E-state index < -0.39 is 23.7 Å². The fourth-order valence-corrected chi connectivity index (χ4v) is 1.69. The van der Waals surface area contributed by atoms with E-state index in [9.17, 15) is 13.6 Å². The minimum absolute atomic E-state index is 0.0852. The van der Waals surface area contributed by atoms with Crippen LogP contribution in [0.2, 0.25) is 0 Å². The van der Waals surface area contributed by atoms with Gasteiger partial charge in [0.15, 0.2) is 17.7 Å². The zero-order valence-electron chi connectivity index (χ0n) is 12.0. The van der Waals surface area contributed by atoms with Gasteiger partial charge in [-0.1, -0.05) is 0 Å². The van der Waals surface area contributed by atoms with Gasteiger partial charge >= 0.3 is 5.97 Å². The quantitative estimate of drug-likeness (QED) is 0.790. The van der Waals surface area contributed by atoms with E-state index in [-0.39, 0.29) is 5.75 Å². The molecule has 0 aliphatic heterocycles. The van der Waals surface area contributed by atoms with Gasteiger partial charge in [0.25, 0.3) is 0 Å². The van der Waals surface area contributed by atoms with Gasteiger partial charge in [0.1, 0.15) is 17.3 Å². The lowest BCUT2D eigenvalue weighted by molar-refractivity contribution is -0.147. The summed E-state index contributed by atoms with van der Waals surface area (Å²) >= 11 is 0. The first-order chi connectivity index (χ1) is 10.5. The van der Waals surface area contributed by atoms with Gasteiger partial charge in [-0.3, -0.25) is 0 Å². The van der Waals surface area contributed by atoms with Crippen LogP contribution in [0.25, 0.3) is 0 Å². The summed E-state index contributed by atoms with van der Waals surface area (Å²) in [6.45, 7) is 1.56. The van der Waals surface area contributed by atoms with Gasteiger partial charge in [-0.15, -0.1) is 0 Å². The molecule has 0 saturated carbocycles. The van der Waals surface area contributed by atoms with Crippen LogP contribution in [0.5, 0.6) is 17.2 Å². The molecule has 0 amide bonds. The Balaban J connectivity index is 2.04. The van der Waals surface area contributed by atoms with Crippen molar-refractivity contribution in [3.63, 3.8) is 0 Å². The molecule has 116 valence electrons. The number of benzene rings is 2. The molecule has 6 heteroatoms. The first-order valence-corrected chi connectivity index (χ1v) is 6.47. The molecule has 22 heavy (non-hydrogen) atoms. The van der Waals surface area contributed by atoms with Crippen LogP contribution in [0.15, 0.2) is 42.5 Å². The van der Waals surface area contributed by atoms with Gasteiger partial charge in [0.05, 0.1) is 7.11 Å². The molecule has 0 fully saturated rings. The van der Waals surface area contributed by atoms with E-state index in [1.807, 2.05) is 0 Å². The van der Waals surface area contributed by atoms with Crippen LogP contribution in [0, 0.1) is 11.6 Å². The number of hydrogen-bond donors (Lipinski definition) is 0. The lowest BCUT2D eigenvalue weighted by atomic mass is 10.3. The molecule has 2 aromatic rings. The molecule has 0 N–H and O–H groups in total. The first-order valence-electron chi connectivity index (χ1n) is 6.47. The summed E-state index contributed by atoms with van der Waals surface area (Å²) in [6, 6.07) is 9.27. The molecule has 0 spiro atoms. The molecule has 0 aromatic heterocycles. The van der Waals surface area contributed by atoms with E-state index in [1.165, 1.54) is 13.2 Å². The number of methoxy groups -OCH3 is 1. The van der Waals surface area contributed by atoms with Crippen LogP contribution >= 0.6 is 0 Å². The maximum Gasteiger partial charge on any atom is 0.346 e. The Morgan fingerprint density at radius 1 is 1.05 bits per heavy atom. The first kappa shape index (κ1) is 15.8. The second-order valence-electron chi connectivity index (χ2n) is 4.43. The average Bonchev–Trinajstić information content (AvgIpc) is 2.51. The number of hydrogen-bond acceptors (Lipinski definition) is 4. The third-order valence-electron chi connectivity index (χ3n) is 2.79. The van der Waals surface area contributed by atoms with E-state index >= 15 is 0 Å². The maximum atomic E-state index is 13.5. The fraction of sp³-hybridized carbons (Fsp3) is 0.188. The predicted octanol–water partition coefficient (Wildman–Crippen LogP) is 3.70. The minimum Gasteiger partial charge on any atom is -0.479 e. The number of carbonyl (C=O) groups excluding carboxylic acids is 1. The van der Waals surface area contributed by atoms with Crippen molar-refractivity contribution >= 4 is 5.97 Å². The molecule has 0 bridgehead atoms. The van der Waals surface area contributed by atoms with Crippen molar-refractivity contribution in [2.45, 2.75) is 13.0 Å². The molecule has 0 heterocycles. The van der Waals surface area contributed by atoms with E-state index in [0.29, 0.717) is 11.5 Å². The van der Waals surface area contributed by atoms with Gasteiger partial charge in [-0.2, -0.15) is 0 Å². The molecular formula is C16H14F2O4. The highest BCUT2D eigenvalue weighted by Crippen LogP contribution is 2.26. The Morgan fingerprint density at radius 2 is 1.68 bits per heavy atom. The standard InChI is InChI=1S/C16H14F2O4/c1-10(16(19)20-2)21-12-4-6-13(7-5-12)22-15-8-3-11(17)9-14(15)18/h3-10H,1-2H3. The second-order valence-corrected chi connectivity index (χ2v) is 4.43. The molecule has 1 atom stereocenters. The van der Waals surface area contributed by atoms with Crippen molar-refractivity contribution < 1.29 is 27.8 Å². The third-order valence-corrected chi connectivity index (χ3v) is 2.79. The molecule has 0 aliphatic carbocycles. The van der Waals surface area contributed by atoms with Crippen LogP contribution in [0.1, 0.15) is 6.92 Å². The van der Waals surface area contributed by atoms with E-state index in [1.54, 1.807) is 31.2 Å². The summed E-state index contributed by atoms with van der Waals surface area (Å²) in [5, 5.41) is 0. The number of ether oxygens (including phenoxy) is 3. The normalized spacial score (nSPS) is 11.6. The Kier molecular flexibility index (Phi) is 4.93. The van der Waals surface area contributed by atoms with Crippen LogP contribution in [0.4, 0.5) is 8.78 Å². The Bertz CT molecular complexity index is 656. The van der Waals surface area contributed by atoms with E-state index in [2.05, 4.69) is 4.74 Å². The number of halogens is 2. The van der Waals surface area contributed by atoms with Crippen molar-refractivity contribution in [3.8, 4) is 17.2 Å². The summed E-state index contributed by atoms with van der Waals surface area (Å²) < 4.78 is 41.5. The number of rotatable bonds is 5. The summed E-state index contributed by atoms with van der Waals surface area (Å²) in [6.07, 6.45) is -0.744. The van der Waals surface area contributed by atoms with E-state index in [0.717, 1.165) is 12.1 Å². The van der Waals surface area contributed by atoms with Crippen molar-refractivity contribution in [3.05, 3.63) is 54.1 Å². The zero-order valence-corrected chi connectivity index (χ0v) is 12.0. The van der Waals surface area contributed by atoms with Crippen molar-refractivity contribution in [1.82, 2.24) is 0 Å². The Morgan fingerprint density at radius 3 is 2.27 bits per heavy atom. The SMILES string of the molecule is COC(=O)C(C)Oc1ccc(Oc2ccc(F)cc2F)cc1. The number of esters is 1. The van der Waals surface area contributed by atoms with Gasteiger partial charge in [-0.05, 0) is 43.3 Å². The molecule has 0 aliphatic rings. The highest BCUT2D eigenvalue weighted by atomic mass is 19.1. The summed E-state index contributed by atoms with van der Waals surface area (Å²) in [5.74, 6) is -1.26. The van der Waals surface area contributed by atoms with Crippen LogP contribution < -0.4 is 9.47 Å². The monoisotopic (exact) mass is 308 g/mol. The fourth-order valence-electron chi connectivity index (χ4n) is 1.69. The molecule has 4 nitrogen and oxygen atoms in total. The average molecular weight is 308 g/mol. The molecule has 0 radical (unpaired) electrons. The molecule has 2 aromatic carbocycles. The van der Waals surface area contributed by atoms with Gasteiger partial charge < -0.3 is 14.2 Å². The summed E-state index contributed by atoms with van der Waals surface area (Å²) in [4.78, 5) is 11.2. The van der Waals surface area contributed by atoms with Crippen LogP contribution in [0.3, 0.4) is 0 Å². The van der Waals surface area contributed by atoms with Crippen molar-refractivity contribution in [2.75, 3.05) is 7.11 Å². The number of carbonyl (C=O) groups is 1. The Hall–Kier alpha value is -2.63. The highest BCUT2D eigenvalue weighted by molar-refractivity contribution is 5.74. The third kappa shape index (κ3) is 3.94.